The molecule has 1 saturated heterocycles. The van der Waals surface area contributed by atoms with Gasteiger partial charge in [0.05, 0.1) is 13.2 Å². The third kappa shape index (κ3) is 1.51. The summed E-state index contributed by atoms with van der Waals surface area (Å²) in [6, 6.07) is 5.27. The van der Waals surface area contributed by atoms with Crippen LogP contribution in [0.3, 0.4) is 0 Å². The van der Waals surface area contributed by atoms with E-state index in [4.69, 9.17) is 9.15 Å². The summed E-state index contributed by atoms with van der Waals surface area (Å²) >= 11 is 0. The zero-order valence-corrected chi connectivity index (χ0v) is 8.85. The molecule has 1 aliphatic heterocycles. The van der Waals surface area contributed by atoms with Gasteiger partial charge in [0.25, 0.3) is 0 Å². The molecule has 0 amide bonds. The molecular formula is C12H13NO3. The summed E-state index contributed by atoms with van der Waals surface area (Å²) in [5.74, 6) is 1.10. The van der Waals surface area contributed by atoms with Crippen LogP contribution < -0.4 is 4.90 Å². The Morgan fingerprint density at radius 3 is 2.81 bits per heavy atom. The zero-order chi connectivity index (χ0) is 11.0. The first-order valence-electron chi connectivity index (χ1n) is 5.37. The molecule has 0 spiro atoms. The van der Waals surface area contributed by atoms with Crippen LogP contribution >= 0.6 is 0 Å². The molecule has 1 fully saturated rings. The van der Waals surface area contributed by atoms with Crippen LogP contribution in [-0.2, 0) is 4.74 Å². The minimum absolute atomic E-state index is 0.267. The first-order valence-corrected chi connectivity index (χ1v) is 5.37. The van der Waals surface area contributed by atoms with Gasteiger partial charge in [-0.05, 0) is 18.2 Å². The molecule has 0 aliphatic carbocycles. The minimum Gasteiger partial charge on any atom is -0.508 e. The third-order valence-electron chi connectivity index (χ3n) is 2.86. The molecule has 4 heteroatoms. The highest BCUT2D eigenvalue weighted by Gasteiger charge is 2.17. The molecule has 1 aromatic carbocycles. The van der Waals surface area contributed by atoms with Crippen molar-refractivity contribution >= 4 is 16.7 Å². The number of furan rings is 1. The summed E-state index contributed by atoms with van der Waals surface area (Å²) in [6.45, 7) is 3.11. The van der Waals surface area contributed by atoms with Crippen molar-refractivity contribution in [2.75, 3.05) is 31.2 Å². The van der Waals surface area contributed by atoms with E-state index in [0.29, 0.717) is 0 Å². The first kappa shape index (κ1) is 9.54. The predicted molar refractivity (Wildman–Crippen MR) is 60.9 cm³/mol. The van der Waals surface area contributed by atoms with E-state index < -0.39 is 0 Å². The van der Waals surface area contributed by atoms with Gasteiger partial charge in [0.15, 0.2) is 0 Å². The van der Waals surface area contributed by atoms with Gasteiger partial charge in [0.1, 0.15) is 12.0 Å². The monoisotopic (exact) mass is 219 g/mol. The van der Waals surface area contributed by atoms with Crippen LogP contribution in [0.2, 0.25) is 0 Å². The Balaban J connectivity index is 2.05. The van der Waals surface area contributed by atoms with Gasteiger partial charge >= 0.3 is 0 Å². The number of aromatic hydroxyl groups is 1. The second-order valence-corrected chi connectivity index (χ2v) is 3.91. The second-order valence-electron chi connectivity index (χ2n) is 3.91. The molecule has 2 aromatic rings. The number of anilines is 1. The standard InChI is InChI=1S/C12H13NO3/c14-10-2-1-9-8-16-12(11(9)7-10)13-3-5-15-6-4-13/h1-2,7-8,14H,3-6H2. The largest absolute Gasteiger partial charge is 0.508 e. The molecule has 84 valence electrons. The molecule has 0 radical (unpaired) electrons. The van der Waals surface area contributed by atoms with E-state index in [0.717, 1.165) is 43.0 Å². The van der Waals surface area contributed by atoms with E-state index in [1.807, 2.05) is 6.07 Å². The van der Waals surface area contributed by atoms with E-state index in [-0.39, 0.29) is 5.75 Å². The molecule has 1 N–H and O–H groups in total. The van der Waals surface area contributed by atoms with Crippen molar-refractivity contribution in [2.45, 2.75) is 0 Å². The SMILES string of the molecule is Oc1ccc2coc(N3CCOCC3)c2c1. The molecule has 4 nitrogen and oxygen atoms in total. The molecule has 3 rings (SSSR count). The molecular weight excluding hydrogens is 206 g/mol. The fourth-order valence-electron chi connectivity index (χ4n) is 2.03. The van der Waals surface area contributed by atoms with Gasteiger partial charge in [-0.3, -0.25) is 0 Å². The summed E-state index contributed by atoms with van der Waals surface area (Å²) in [5.41, 5.74) is 0. The van der Waals surface area contributed by atoms with Crippen molar-refractivity contribution in [3.05, 3.63) is 24.5 Å². The minimum atomic E-state index is 0.267. The van der Waals surface area contributed by atoms with E-state index >= 15 is 0 Å². The topological polar surface area (TPSA) is 45.8 Å². The van der Waals surface area contributed by atoms with Crippen LogP contribution in [0.15, 0.2) is 28.9 Å². The Morgan fingerprint density at radius 2 is 2.00 bits per heavy atom. The van der Waals surface area contributed by atoms with Crippen molar-refractivity contribution in [2.24, 2.45) is 0 Å². The number of phenols is 1. The lowest BCUT2D eigenvalue weighted by molar-refractivity contribution is 0.121. The Hall–Kier alpha value is -1.68. The fourth-order valence-corrected chi connectivity index (χ4v) is 2.03. The summed E-state index contributed by atoms with van der Waals surface area (Å²) < 4.78 is 10.9. The number of morpholine rings is 1. The Bertz CT molecular complexity index is 500. The number of phenolic OH excluding ortho intramolecular Hbond substituents is 1. The lowest BCUT2D eigenvalue weighted by Gasteiger charge is -2.26. The molecule has 1 aliphatic rings. The average molecular weight is 219 g/mol. The zero-order valence-electron chi connectivity index (χ0n) is 8.85. The Labute approximate surface area is 93.0 Å². The molecule has 0 unspecified atom stereocenters. The van der Waals surface area contributed by atoms with Crippen LogP contribution in [0.5, 0.6) is 5.75 Å². The number of benzene rings is 1. The molecule has 0 bridgehead atoms. The van der Waals surface area contributed by atoms with Gasteiger partial charge in [-0.2, -0.15) is 0 Å². The van der Waals surface area contributed by atoms with Crippen LogP contribution in [0.1, 0.15) is 0 Å². The maximum Gasteiger partial charge on any atom is 0.203 e. The summed E-state index contributed by atoms with van der Waals surface area (Å²) in [5, 5.41) is 11.5. The van der Waals surface area contributed by atoms with Crippen molar-refractivity contribution in [3.8, 4) is 5.75 Å². The van der Waals surface area contributed by atoms with E-state index in [2.05, 4.69) is 4.90 Å². The quantitative estimate of drug-likeness (QED) is 0.796. The van der Waals surface area contributed by atoms with Crippen LogP contribution in [0.4, 0.5) is 5.88 Å². The summed E-state index contributed by atoms with van der Waals surface area (Å²) in [6.07, 6.45) is 1.72. The Morgan fingerprint density at radius 1 is 1.19 bits per heavy atom. The maximum absolute atomic E-state index is 9.49. The van der Waals surface area contributed by atoms with Gasteiger partial charge in [0, 0.05) is 23.9 Å². The average Bonchev–Trinajstić information content (AvgIpc) is 2.73. The number of nitrogens with zero attached hydrogens (tertiary/aromatic N) is 1. The molecule has 0 atom stereocenters. The van der Waals surface area contributed by atoms with Gasteiger partial charge in [-0.15, -0.1) is 0 Å². The van der Waals surface area contributed by atoms with Crippen LogP contribution in [0, 0.1) is 0 Å². The van der Waals surface area contributed by atoms with E-state index in [1.54, 1.807) is 18.4 Å². The van der Waals surface area contributed by atoms with Gasteiger partial charge in [-0.1, -0.05) is 0 Å². The van der Waals surface area contributed by atoms with Gasteiger partial charge < -0.3 is 19.2 Å². The Kier molecular flexibility index (Phi) is 2.22. The number of hydrogen-bond donors (Lipinski definition) is 1. The van der Waals surface area contributed by atoms with E-state index in [1.165, 1.54) is 0 Å². The summed E-state index contributed by atoms with van der Waals surface area (Å²) in [7, 11) is 0. The van der Waals surface area contributed by atoms with Crippen LogP contribution in [-0.4, -0.2) is 31.4 Å². The second kappa shape index (κ2) is 3.72. The predicted octanol–water partition coefficient (Wildman–Crippen LogP) is 1.97. The van der Waals surface area contributed by atoms with Crippen molar-refractivity contribution < 1.29 is 14.3 Å². The lowest BCUT2D eigenvalue weighted by Crippen LogP contribution is -2.36. The van der Waals surface area contributed by atoms with Crippen molar-refractivity contribution in [1.29, 1.82) is 0 Å². The third-order valence-corrected chi connectivity index (χ3v) is 2.86. The number of fused-ring (bicyclic) bond motifs is 1. The van der Waals surface area contributed by atoms with E-state index in [9.17, 15) is 5.11 Å². The van der Waals surface area contributed by atoms with Gasteiger partial charge in [-0.25, -0.2) is 0 Å². The highest BCUT2D eigenvalue weighted by molar-refractivity contribution is 5.92. The summed E-state index contributed by atoms with van der Waals surface area (Å²) in [4.78, 5) is 2.14. The molecule has 1 aromatic heterocycles. The molecule has 2 heterocycles. The van der Waals surface area contributed by atoms with Gasteiger partial charge in [0.2, 0.25) is 5.88 Å². The molecule has 0 saturated carbocycles. The van der Waals surface area contributed by atoms with Crippen LogP contribution in [0.25, 0.3) is 10.8 Å². The van der Waals surface area contributed by atoms with Crippen molar-refractivity contribution in [3.63, 3.8) is 0 Å². The molecule has 16 heavy (non-hydrogen) atoms. The smallest absolute Gasteiger partial charge is 0.203 e. The highest BCUT2D eigenvalue weighted by atomic mass is 16.5. The normalized spacial score (nSPS) is 16.9. The number of hydrogen-bond acceptors (Lipinski definition) is 4. The number of rotatable bonds is 1. The van der Waals surface area contributed by atoms with Crippen molar-refractivity contribution in [1.82, 2.24) is 0 Å². The first-order chi connectivity index (χ1) is 7.84. The maximum atomic E-state index is 9.49. The number of ether oxygens (including phenoxy) is 1. The highest BCUT2D eigenvalue weighted by Crippen LogP contribution is 2.31. The fraction of sp³-hybridized carbons (Fsp3) is 0.333. The lowest BCUT2D eigenvalue weighted by atomic mass is 10.2.